The van der Waals surface area contributed by atoms with Crippen LogP contribution >= 0.6 is 0 Å². The zero-order chi connectivity index (χ0) is 13.0. The highest BCUT2D eigenvalue weighted by Crippen LogP contribution is 2.48. The standard InChI is InChI=1S/C14H19NO3/c1-18-8-7-14(5-6-14)10-15-13(17)11-3-2-4-12(16)9-11/h2-4,9,16H,5-8,10H2,1H3,(H,15,17). The Bertz CT molecular complexity index is 427. The number of phenolic OH excluding ortho intramolecular Hbond substituents is 1. The zero-order valence-corrected chi connectivity index (χ0v) is 10.6. The number of amides is 1. The minimum absolute atomic E-state index is 0.114. The molecule has 0 bridgehead atoms. The van der Waals surface area contributed by atoms with Crippen molar-refractivity contribution in [2.75, 3.05) is 20.3 Å². The molecule has 1 aromatic rings. The predicted molar refractivity (Wildman–Crippen MR) is 68.6 cm³/mol. The van der Waals surface area contributed by atoms with Crippen LogP contribution in [0.4, 0.5) is 0 Å². The highest BCUT2D eigenvalue weighted by atomic mass is 16.5. The first kappa shape index (κ1) is 12.9. The summed E-state index contributed by atoms with van der Waals surface area (Å²) >= 11 is 0. The largest absolute Gasteiger partial charge is 0.508 e. The molecule has 1 fully saturated rings. The maximum atomic E-state index is 11.9. The van der Waals surface area contributed by atoms with Crippen LogP contribution in [0.1, 0.15) is 29.6 Å². The lowest BCUT2D eigenvalue weighted by molar-refractivity contribution is 0.0937. The van der Waals surface area contributed by atoms with Gasteiger partial charge < -0.3 is 15.2 Å². The molecule has 2 N–H and O–H groups in total. The monoisotopic (exact) mass is 249 g/mol. The summed E-state index contributed by atoms with van der Waals surface area (Å²) in [5.74, 6) is -0.0160. The summed E-state index contributed by atoms with van der Waals surface area (Å²) in [7, 11) is 1.70. The second kappa shape index (κ2) is 5.40. The minimum Gasteiger partial charge on any atom is -0.508 e. The summed E-state index contributed by atoms with van der Waals surface area (Å²) in [4.78, 5) is 11.9. The number of hydrogen-bond donors (Lipinski definition) is 2. The number of nitrogens with one attached hydrogen (secondary N) is 1. The highest BCUT2D eigenvalue weighted by Gasteiger charge is 2.42. The van der Waals surface area contributed by atoms with Gasteiger partial charge in [0.05, 0.1) is 0 Å². The maximum absolute atomic E-state index is 11.9. The molecule has 0 heterocycles. The van der Waals surface area contributed by atoms with Crippen molar-refractivity contribution in [2.45, 2.75) is 19.3 Å². The Hall–Kier alpha value is -1.55. The number of hydrogen-bond acceptors (Lipinski definition) is 3. The summed E-state index contributed by atoms with van der Waals surface area (Å²) in [6.45, 7) is 1.42. The van der Waals surface area contributed by atoms with E-state index in [4.69, 9.17) is 4.74 Å². The van der Waals surface area contributed by atoms with Gasteiger partial charge in [0, 0.05) is 25.8 Å². The SMILES string of the molecule is COCCC1(CNC(=O)c2cccc(O)c2)CC1. The third kappa shape index (κ3) is 3.23. The molecule has 18 heavy (non-hydrogen) atoms. The van der Waals surface area contributed by atoms with Gasteiger partial charge in [-0.05, 0) is 42.9 Å². The topological polar surface area (TPSA) is 58.6 Å². The fourth-order valence-corrected chi connectivity index (χ4v) is 2.03. The molecule has 0 radical (unpaired) electrons. The van der Waals surface area contributed by atoms with Gasteiger partial charge in [-0.2, -0.15) is 0 Å². The van der Waals surface area contributed by atoms with Crippen LogP contribution in [0.15, 0.2) is 24.3 Å². The molecule has 0 spiro atoms. The van der Waals surface area contributed by atoms with Gasteiger partial charge in [-0.3, -0.25) is 4.79 Å². The van der Waals surface area contributed by atoms with Crippen LogP contribution in [0.5, 0.6) is 5.75 Å². The van der Waals surface area contributed by atoms with Gasteiger partial charge in [-0.1, -0.05) is 6.07 Å². The van der Waals surface area contributed by atoms with E-state index >= 15 is 0 Å². The third-order valence-electron chi connectivity index (χ3n) is 3.53. The fraction of sp³-hybridized carbons (Fsp3) is 0.500. The van der Waals surface area contributed by atoms with E-state index in [1.807, 2.05) is 0 Å². The van der Waals surface area contributed by atoms with Crippen molar-refractivity contribution in [1.29, 1.82) is 0 Å². The lowest BCUT2D eigenvalue weighted by Crippen LogP contribution is -2.30. The molecular weight excluding hydrogens is 230 g/mol. The third-order valence-corrected chi connectivity index (χ3v) is 3.53. The molecule has 1 aliphatic carbocycles. The van der Waals surface area contributed by atoms with Gasteiger partial charge in [0.25, 0.3) is 5.91 Å². The van der Waals surface area contributed by atoms with E-state index in [1.165, 1.54) is 6.07 Å². The number of rotatable bonds is 6. The van der Waals surface area contributed by atoms with Crippen molar-refractivity contribution in [1.82, 2.24) is 5.32 Å². The quantitative estimate of drug-likeness (QED) is 0.810. The van der Waals surface area contributed by atoms with Crippen LogP contribution in [0.2, 0.25) is 0 Å². The Balaban J connectivity index is 1.85. The first-order valence-corrected chi connectivity index (χ1v) is 6.21. The number of carbonyl (C=O) groups excluding carboxylic acids is 1. The van der Waals surface area contributed by atoms with E-state index in [0.717, 1.165) is 25.9 Å². The van der Waals surface area contributed by atoms with Crippen molar-refractivity contribution < 1.29 is 14.6 Å². The number of benzene rings is 1. The molecule has 1 saturated carbocycles. The van der Waals surface area contributed by atoms with Crippen molar-refractivity contribution >= 4 is 5.91 Å². The second-order valence-electron chi connectivity index (χ2n) is 4.98. The van der Waals surface area contributed by atoms with Crippen molar-refractivity contribution in [3.63, 3.8) is 0 Å². The molecule has 0 unspecified atom stereocenters. The maximum Gasteiger partial charge on any atom is 0.251 e. The lowest BCUT2D eigenvalue weighted by atomic mass is 10.0. The van der Waals surface area contributed by atoms with Gasteiger partial charge in [0.15, 0.2) is 0 Å². The molecule has 0 saturated heterocycles. The average Bonchev–Trinajstić information content (AvgIpc) is 3.14. The van der Waals surface area contributed by atoms with E-state index in [0.29, 0.717) is 12.1 Å². The molecule has 0 atom stereocenters. The Morgan fingerprint density at radius 1 is 1.50 bits per heavy atom. The van der Waals surface area contributed by atoms with Crippen LogP contribution in [-0.4, -0.2) is 31.3 Å². The van der Waals surface area contributed by atoms with Crippen molar-refractivity contribution in [3.05, 3.63) is 29.8 Å². The van der Waals surface area contributed by atoms with Gasteiger partial charge >= 0.3 is 0 Å². The fourth-order valence-electron chi connectivity index (χ4n) is 2.03. The highest BCUT2D eigenvalue weighted by molar-refractivity contribution is 5.94. The molecule has 4 heteroatoms. The van der Waals surface area contributed by atoms with Crippen LogP contribution < -0.4 is 5.32 Å². The molecule has 2 rings (SSSR count). The number of methoxy groups -OCH3 is 1. The molecule has 98 valence electrons. The Morgan fingerprint density at radius 2 is 2.28 bits per heavy atom. The molecular formula is C14H19NO3. The van der Waals surface area contributed by atoms with Gasteiger partial charge in [0.1, 0.15) is 5.75 Å². The molecule has 0 aliphatic heterocycles. The van der Waals surface area contributed by atoms with E-state index < -0.39 is 0 Å². The number of ether oxygens (including phenoxy) is 1. The summed E-state index contributed by atoms with van der Waals surface area (Å²) in [5, 5.41) is 12.3. The normalized spacial score (nSPS) is 16.3. The van der Waals surface area contributed by atoms with Crippen molar-refractivity contribution in [2.24, 2.45) is 5.41 Å². The lowest BCUT2D eigenvalue weighted by Gasteiger charge is -2.15. The number of aromatic hydroxyl groups is 1. The van der Waals surface area contributed by atoms with Crippen LogP contribution in [0.3, 0.4) is 0 Å². The Labute approximate surface area is 107 Å². The molecule has 4 nitrogen and oxygen atoms in total. The smallest absolute Gasteiger partial charge is 0.251 e. The predicted octanol–water partition coefficient (Wildman–Crippen LogP) is 1.94. The summed E-state index contributed by atoms with van der Waals surface area (Å²) in [6, 6.07) is 6.40. The Morgan fingerprint density at radius 3 is 2.89 bits per heavy atom. The Kier molecular flexibility index (Phi) is 3.87. The van der Waals surface area contributed by atoms with E-state index in [2.05, 4.69) is 5.32 Å². The van der Waals surface area contributed by atoms with Crippen LogP contribution in [-0.2, 0) is 4.74 Å². The molecule has 1 amide bonds. The van der Waals surface area contributed by atoms with Crippen molar-refractivity contribution in [3.8, 4) is 5.75 Å². The zero-order valence-electron chi connectivity index (χ0n) is 10.6. The number of carbonyl (C=O) groups is 1. The summed E-state index contributed by atoms with van der Waals surface area (Å²) in [5.41, 5.74) is 0.736. The van der Waals surface area contributed by atoms with E-state index in [9.17, 15) is 9.90 Å². The average molecular weight is 249 g/mol. The van der Waals surface area contributed by atoms with E-state index in [-0.39, 0.29) is 17.1 Å². The number of phenols is 1. The van der Waals surface area contributed by atoms with Gasteiger partial charge in [-0.15, -0.1) is 0 Å². The second-order valence-corrected chi connectivity index (χ2v) is 4.98. The molecule has 1 aromatic carbocycles. The molecule has 1 aliphatic rings. The first-order valence-electron chi connectivity index (χ1n) is 6.21. The summed E-state index contributed by atoms with van der Waals surface area (Å²) < 4.78 is 5.08. The van der Waals surface area contributed by atoms with Gasteiger partial charge in [-0.25, -0.2) is 0 Å². The minimum atomic E-state index is -0.130. The molecule has 0 aromatic heterocycles. The van der Waals surface area contributed by atoms with Crippen LogP contribution in [0, 0.1) is 5.41 Å². The van der Waals surface area contributed by atoms with Crippen LogP contribution in [0.25, 0.3) is 0 Å². The summed E-state index contributed by atoms with van der Waals surface area (Å²) in [6.07, 6.45) is 3.29. The first-order chi connectivity index (χ1) is 8.65. The van der Waals surface area contributed by atoms with E-state index in [1.54, 1.807) is 25.3 Å². The van der Waals surface area contributed by atoms with Gasteiger partial charge in [0.2, 0.25) is 0 Å².